The van der Waals surface area contributed by atoms with Crippen LogP contribution in [0.4, 0.5) is 0 Å². The van der Waals surface area contributed by atoms with E-state index in [0.717, 1.165) is 11.3 Å². The van der Waals surface area contributed by atoms with Gasteiger partial charge in [-0.1, -0.05) is 6.07 Å². The summed E-state index contributed by atoms with van der Waals surface area (Å²) in [6.07, 6.45) is 0.515. The van der Waals surface area contributed by atoms with Crippen LogP contribution in [0.2, 0.25) is 0 Å². The van der Waals surface area contributed by atoms with Gasteiger partial charge in [-0.25, -0.2) is 4.79 Å². The lowest BCUT2D eigenvalue weighted by molar-refractivity contribution is 0.354. The maximum absolute atomic E-state index is 12.2. The Morgan fingerprint density at radius 3 is 2.69 bits per heavy atom. The first kappa shape index (κ1) is 18.4. The smallest absolute Gasteiger partial charge is 0.348 e. The van der Waals surface area contributed by atoms with Crippen molar-refractivity contribution in [2.45, 2.75) is 18.6 Å². The summed E-state index contributed by atoms with van der Waals surface area (Å²) in [6, 6.07) is 7.24. The fourth-order valence-electron chi connectivity index (χ4n) is 2.98. The van der Waals surface area contributed by atoms with Gasteiger partial charge in [-0.05, 0) is 24.6 Å². The van der Waals surface area contributed by atoms with Gasteiger partial charge in [0.25, 0.3) is 0 Å². The molecular weight excluding hydrogens is 354 g/mol. The highest BCUT2D eigenvalue weighted by molar-refractivity contribution is 7.99. The molecule has 0 saturated carbocycles. The summed E-state index contributed by atoms with van der Waals surface area (Å²) in [6.45, 7) is 2.21. The first-order chi connectivity index (χ1) is 12.5. The van der Waals surface area contributed by atoms with Gasteiger partial charge in [0, 0.05) is 30.0 Å². The van der Waals surface area contributed by atoms with E-state index in [-0.39, 0.29) is 16.6 Å². The third kappa shape index (κ3) is 3.72. The quantitative estimate of drug-likeness (QED) is 0.883. The predicted molar refractivity (Wildman–Crippen MR) is 102 cm³/mol. The number of aromatic hydroxyl groups is 1. The molecule has 2 aromatic rings. The van der Waals surface area contributed by atoms with E-state index in [1.165, 1.54) is 6.07 Å². The molecule has 0 spiro atoms. The van der Waals surface area contributed by atoms with Crippen molar-refractivity contribution >= 4 is 17.5 Å². The van der Waals surface area contributed by atoms with Crippen molar-refractivity contribution in [3.05, 3.63) is 51.6 Å². The Morgan fingerprint density at radius 1 is 1.23 bits per heavy atom. The van der Waals surface area contributed by atoms with Crippen LogP contribution in [-0.2, 0) is 0 Å². The number of nitrogens with zero attached hydrogens (tertiary/aromatic N) is 1. The summed E-state index contributed by atoms with van der Waals surface area (Å²) in [4.78, 5) is 16.8. The monoisotopic (exact) mass is 375 g/mol. The highest BCUT2D eigenvalue weighted by atomic mass is 32.2. The van der Waals surface area contributed by atoms with E-state index < -0.39 is 5.63 Å². The van der Waals surface area contributed by atoms with Crippen LogP contribution in [0.25, 0.3) is 0 Å². The Balaban J connectivity index is 1.95. The zero-order chi connectivity index (χ0) is 18.7. The molecule has 1 aromatic heterocycles. The summed E-state index contributed by atoms with van der Waals surface area (Å²) in [5.74, 6) is 2.43. The highest BCUT2D eigenvalue weighted by Gasteiger charge is 2.24. The first-order valence-corrected chi connectivity index (χ1v) is 9.29. The standard InChI is InChI=1S/C19H21NO5S/c1-11-8-14(21)18(19(22)25-11)13-10-17(26-7-6-20-13)12-4-5-15(23-2)16(9-12)24-3/h4-5,8-9,17,21H,6-7,10H2,1-3H3/t17-/m1/s1. The van der Waals surface area contributed by atoms with Crippen LogP contribution in [-0.4, -0.2) is 37.3 Å². The average Bonchev–Trinajstić information content (AvgIpc) is 2.86. The number of benzene rings is 1. The molecule has 0 unspecified atom stereocenters. The summed E-state index contributed by atoms with van der Waals surface area (Å²) >= 11 is 1.76. The number of hydrogen-bond acceptors (Lipinski definition) is 7. The molecule has 1 atom stereocenters. The maximum Gasteiger partial charge on any atom is 0.348 e. The van der Waals surface area contributed by atoms with E-state index >= 15 is 0 Å². The van der Waals surface area contributed by atoms with E-state index in [2.05, 4.69) is 4.99 Å². The number of aryl methyl sites for hydroxylation is 1. The van der Waals surface area contributed by atoms with Crippen molar-refractivity contribution in [1.29, 1.82) is 0 Å². The molecule has 1 aliphatic heterocycles. The molecule has 26 heavy (non-hydrogen) atoms. The zero-order valence-corrected chi connectivity index (χ0v) is 15.8. The van der Waals surface area contributed by atoms with E-state index in [9.17, 15) is 9.90 Å². The summed E-state index contributed by atoms with van der Waals surface area (Å²) in [5.41, 5.74) is 1.22. The molecule has 0 amide bonds. The molecule has 1 N–H and O–H groups in total. The Morgan fingerprint density at radius 2 is 2.00 bits per heavy atom. The van der Waals surface area contributed by atoms with Gasteiger partial charge in [-0.3, -0.25) is 4.99 Å². The van der Waals surface area contributed by atoms with Crippen molar-refractivity contribution in [3.63, 3.8) is 0 Å². The lowest BCUT2D eigenvalue weighted by Gasteiger charge is -2.17. The highest BCUT2D eigenvalue weighted by Crippen LogP contribution is 2.39. The van der Waals surface area contributed by atoms with Crippen LogP contribution in [0.15, 0.2) is 38.5 Å². The normalized spacial score (nSPS) is 17.3. The Bertz CT molecular complexity index is 890. The van der Waals surface area contributed by atoms with Gasteiger partial charge in [0.15, 0.2) is 11.5 Å². The average molecular weight is 375 g/mol. The minimum atomic E-state index is -0.556. The van der Waals surface area contributed by atoms with Crippen molar-refractivity contribution in [2.24, 2.45) is 4.99 Å². The number of aliphatic imine (C=N–C) groups is 1. The molecule has 0 bridgehead atoms. The van der Waals surface area contributed by atoms with E-state index in [0.29, 0.717) is 35.9 Å². The largest absolute Gasteiger partial charge is 0.507 e. The summed E-state index contributed by atoms with van der Waals surface area (Å²) in [7, 11) is 3.20. The molecule has 0 fully saturated rings. The second kappa shape index (κ2) is 7.86. The fourth-order valence-corrected chi connectivity index (χ4v) is 4.08. The second-order valence-corrected chi connectivity index (χ2v) is 7.22. The Kier molecular flexibility index (Phi) is 5.56. The van der Waals surface area contributed by atoms with Gasteiger partial charge < -0.3 is 19.0 Å². The van der Waals surface area contributed by atoms with E-state index in [4.69, 9.17) is 13.9 Å². The Labute approximate surface area is 155 Å². The zero-order valence-electron chi connectivity index (χ0n) is 14.9. The molecule has 2 heterocycles. The van der Waals surface area contributed by atoms with Crippen LogP contribution < -0.4 is 15.1 Å². The maximum atomic E-state index is 12.2. The lowest BCUT2D eigenvalue weighted by atomic mass is 10.0. The molecule has 138 valence electrons. The molecule has 1 aromatic carbocycles. The van der Waals surface area contributed by atoms with Crippen molar-refractivity contribution < 1.29 is 19.0 Å². The van der Waals surface area contributed by atoms with Gasteiger partial charge in [-0.2, -0.15) is 11.8 Å². The van der Waals surface area contributed by atoms with Crippen LogP contribution >= 0.6 is 11.8 Å². The molecule has 7 heteroatoms. The third-order valence-electron chi connectivity index (χ3n) is 4.21. The minimum absolute atomic E-state index is 0.0798. The lowest BCUT2D eigenvalue weighted by Crippen LogP contribution is -2.17. The fraction of sp³-hybridized carbons (Fsp3) is 0.368. The number of ether oxygens (including phenoxy) is 2. The molecule has 0 saturated heterocycles. The summed E-state index contributed by atoms with van der Waals surface area (Å²) < 4.78 is 15.8. The van der Waals surface area contributed by atoms with Crippen molar-refractivity contribution in [1.82, 2.24) is 0 Å². The van der Waals surface area contributed by atoms with E-state index in [1.54, 1.807) is 32.9 Å². The number of rotatable bonds is 4. The molecule has 0 aliphatic carbocycles. The number of hydrogen-bond donors (Lipinski definition) is 1. The number of thioether (sulfide) groups is 1. The van der Waals surface area contributed by atoms with E-state index in [1.807, 2.05) is 18.2 Å². The second-order valence-electron chi connectivity index (χ2n) is 5.91. The first-order valence-electron chi connectivity index (χ1n) is 8.24. The molecular formula is C19H21NO5S. The molecule has 1 aliphatic rings. The van der Waals surface area contributed by atoms with Gasteiger partial charge in [0.05, 0.1) is 19.9 Å². The van der Waals surface area contributed by atoms with Gasteiger partial charge in [-0.15, -0.1) is 0 Å². The molecule has 0 radical (unpaired) electrons. The van der Waals surface area contributed by atoms with Gasteiger partial charge in [0.2, 0.25) is 0 Å². The minimum Gasteiger partial charge on any atom is -0.507 e. The van der Waals surface area contributed by atoms with Crippen LogP contribution in [0.3, 0.4) is 0 Å². The van der Waals surface area contributed by atoms with Crippen molar-refractivity contribution in [2.75, 3.05) is 26.5 Å². The predicted octanol–water partition coefficient (Wildman–Crippen LogP) is 3.34. The third-order valence-corrected chi connectivity index (χ3v) is 5.47. The molecule has 3 rings (SSSR count). The summed E-state index contributed by atoms with van der Waals surface area (Å²) in [5, 5.41) is 10.3. The Hall–Kier alpha value is -2.41. The SMILES string of the molecule is COc1ccc([C@H]2CC(c3c(O)cc(C)oc3=O)=NCCS2)cc1OC. The number of methoxy groups -OCH3 is 2. The van der Waals surface area contributed by atoms with Gasteiger partial charge in [0.1, 0.15) is 17.1 Å². The van der Waals surface area contributed by atoms with Crippen LogP contribution in [0.1, 0.15) is 28.6 Å². The van der Waals surface area contributed by atoms with Crippen LogP contribution in [0, 0.1) is 6.92 Å². The van der Waals surface area contributed by atoms with Crippen molar-refractivity contribution in [3.8, 4) is 17.2 Å². The van der Waals surface area contributed by atoms with Gasteiger partial charge >= 0.3 is 5.63 Å². The topological polar surface area (TPSA) is 81.3 Å². The van der Waals surface area contributed by atoms with Crippen LogP contribution in [0.5, 0.6) is 17.2 Å². The molecule has 6 nitrogen and oxygen atoms in total.